The summed E-state index contributed by atoms with van der Waals surface area (Å²) in [5, 5.41) is 3.25. The highest BCUT2D eigenvalue weighted by molar-refractivity contribution is 5.88. The van der Waals surface area contributed by atoms with E-state index in [1.807, 2.05) is 4.90 Å². The highest BCUT2D eigenvalue weighted by Crippen LogP contribution is 2.20. The number of nitrogens with zero attached hydrogens (tertiary/aromatic N) is 2. The number of primary amides is 1. The van der Waals surface area contributed by atoms with Gasteiger partial charge in [0.2, 0.25) is 17.7 Å². The number of amides is 3. The Kier molecular flexibility index (Phi) is 6.60. The highest BCUT2D eigenvalue weighted by atomic mass is 16.2. The molecule has 0 aromatic rings. The van der Waals surface area contributed by atoms with E-state index in [1.54, 1.807) is 4.90 Å². The number of hydrogen-bond acceptors (Lipinski definition) is 4. The van der Waals surface area contributed by atoms with Crippen molar-refractivity contribution in [1.29, 1.82) is 0 Å². The topological polar surface area (TPSA) is 95.7 Å². The molecule has 0 spiro atoms. The monoisotopic (exact) mass is 338 g/mol. The highest BCUT2D eigenvalue weighted by Gasteiger charge is 2.31. The molecule has 3 amide bonds. The molecule has 0 bridgehead atoms. The van der Waals surface area contributed by atoms with Crippen LogP contribution in [-0.4, -0.2) is 66.3 Å². The molecule has 24 heavy (non-hydrogen) atoms. The average molecular weight is 338 g/mol. The van der Waals surface area contributed by atoms with Gasteiger partial charge in [0.05, 0.1) is 12.6 Å². The molecule has 1 unspecified atom stereocenters. The SMILES string of the molecule is CC(C)CC1NCCN(CC(=O)N2CCC(CC(N)=O)CC2)C1=O. The minimum absolute atomic E-state index is 0.00562. The molecule has 136 valence electrons. The summed E-state index contributed by atoms with van der Waals surface area (Å²) in [6.07, 6.45) is 2.80. The van der Waals surface area contributed by atoms with E-state index in [1.165, 1.54) is 0 Å². The van der Waals surface area contributed by atoms with Gasteiger partial charge in [-0.3, -0.25) is 14.4 Å². The summed E-state index contributed by atoms with van der Waals surface area (Å²) in [4.78, 5) is 39.5. The second kappa shape index (κ2) is 8.46. The molecule has 2 rings (SSSR count). The van der Waals surface area contributed by atoms with Crippen molar-refractivity contribution in [1.82, 2.24) is 15.1 Å². The number of nitrogens with one attached hydrogen (secondary N) is 1. The van der Waals surface area contributed by atoms with Crippen LogP contribution >= 0.6 is 0 Å². The molecule has 0 saturated carbocycles. The zero-order valence-electron chi connectivity index (χ0n) is 14.8. The second-order valence-corrected chi connectivity index (χ2v) is 7.39. The van der Waals surface area contributed by atoms with Gasteiger partial charge in [-0.2, -0.15) is 0 Å². The predicted molar refractivity (Wildman–Crippen MR) is 90.9 cm³/mol. The van der Waals surface area contributed by atoms with E-state index in [4.69, 9.17) is 5.73 Å². The second-order valence-electron chi connectivity index (χ2n) is 7.39. The number of rotatable bonds is 6. The maximum Gasteiger partial charge on any atom is 0.242 e. The Morgan fingerprint density at radius 2 is 1.92 bits per heavy atom. The molecule has 2 fully saturated rings. The van der Waals surface area contributed by atoms with Crippen molar-refractivity contribution in [3.63, 3.8) is 0 Å². The van der Waals surface area contributed by atoms with Gasteiger partial charge in [-0.25, -0.2) is 0 Å². The molecule has 2 aliphatic heterocycles. The number of carbonyl (C=O) groups excluding carboxylic acids is 3. The van der Waals surface area contributed by atoms with Crippen molar-refractivity contribution in [3.8, 4) is 0 Å². The molecule has 7 nitrogen and oxygen atoms in total. The van der Waals surface area contributed by atoms with Gasteiger partial charge in [0.15, 0.2) is 0 Å². The zero-order chi connectivity index (χ0) is 17.7. The number of piperidine rings is 1. The Morgan fingerprint density at radius 1 is 1.25 bits per heavy atom. The summed E-state index contributed by atoms with van der Waals surface area (Å²) >= 11 is 0. The van der Waals surface area contributed by atoms with Crippen molar-refractivity contribution < 1.29 is 14.4 Å². The largest absolute Gasteiger partial charge is 0.370 e. The van der Waals surface area contributed by atoms with E-state index < -0.39 is 0 Å². The van der Waals surface area contributed by atoms with Gasteiger partial charge in [0.1, 0.15) is 0 Å². The quantitative estimate of drug-likeness (QED) is 0.709. The van der Waals surface area contributed by atoms with E-state index >= 15 is 0 Å². The minimum atomic E-state index is -0.276. The first kappa shape index (κ1) is 18.7. The molecule has 1 atom stereocenters. The third-order valence-electron chi connectivity index (χ3n) is 4.87. The third-order valence-corrected chi connectivity index (χ3v) is 4.87. The van der Waals surface area contributed by atoms with E-state index in [0.717, 1.165) is 25.8 Å². The summed E-state index contributed by atoms with van der Waals surface area (Å²) in [6, 6.07) is -0.173. The van der Waals surface area contributed by atoms with Crippen molar-refractivity contribution >= 4 is 17.7 Å². The van der Waals surface area contributed by atoms with E-state index in [-0.39, 0.29) is 36.2 Å². The third kappa shape index (κ3) is 5.19. The molecule has 0 radical (unpaired) electrons. The summed E-state index contributed by atoms with van der Waals surface area (Å²) < 4.78 is 0. The number of piperazine rings is 1. The van der Waals surface area contributed by atoms with Crippen molar-refractivity contribution in [2.45, 2.75) is 45.6 Å². The van der Waals surface area contributed by atoms with Crippen LogP contribution < -0.4 is 11.1 Å². The number of nitrogens with two attached hydrogens (primary N) is 1. The van der Waals surface area contributed by atoms with Crippen molar-refractivity contribution in [2.24, 2.45) is 17.6 Å². The Morgan fingerprint density at radius 3 is 2.50 bits per heavy atom. The molecule has 2 saturated heterocycles. The lowest BCUT2D eigenvalue weighted by molar-refractivity contribution is -0.144. The molecule has 0 aliphatic carbocycles. The number of hydrogen-bond donors (Lipinski definition) is 2. The van der Waals surface area contributed by atoms with Crippen molar-refractivity contribution in [2.75, 3.05) is 32.7 Å². The molecule has 3 N–H and O–H groups in total. The molecule has 0 aromatic heterocycles. The maximum absolute atomic E-state index is 12.5. The zero-order valence-corrected chi connectivity index (χ0v) is 14.8. The Bertz CT molecular complexity index is 472. The van der Waals surface area contributed by atoms with Crippen LogP contribution in [0.4, 0.5) is 0 Å². The average Bonchev–Trinajstić information content (AvgIpc) is 2.51. The first-order valence-electron chi connectivity index (χ1n) is 8.95. The van der Waals surface area contributed by atoms with E-state index in [9.17, 15) is 14.4 Å². The summed E-state index contributed by atoms with van der Waals surface area (Å²) in [6.45, 7) is 6.95. The van der Waals surface area contributed by atoms with Gasteiger partial charge < -0.3 is 20.9 Å². The molecule has 2 heterocycles. The first-order valence-corrected chi connectivity index (χ1v) is 8.95. The smallest absolute Gasteiger partial charge is 0.242 e. The maximum atomic E-state index is 12.5. The summed E-state index contributed by atoms with van der Waals surface area (Å²) in [5.41, 5.74) is 5.23. The van der Waals surface area contributed by atoms with Gasteiger partial charge in [-0.05, 0) is 31.1 Å². The van der Waals surface area contributed by atoms with Gasteiger partial charge >= 0.3 is 0 Å². The molecular weight excluding hydrogens is 308 g/mol. The Labute approximate surface area is 143 Å². The van der Waals surface area contributed by atoms with E-state index in [2.05, 4.69) is 19.2 Å². The van der Waals surface area contributed by atoms with Crippen LogP contribution in [-0.2, 0) is 14.4 Å². The molecular formula is C17H30N4O3. The fraction of sp³-hybridized carbons (Fsp3) is 0.824. The number of likely N-dealkylation sites (tertiary alicyclic amines) is 1. The van der Waals surface area contributed by atoms with Crippen LogP contribution in [0.2, 0.25) is 0 Å². The molecule has 0 aromatic carbocycles. The molecule has 2 aliphatic rings. The lowest BCUT2D eigenvalue weighted by atomic mass is 9.93. The standard InChI is InChI=1S/C17H30N4O3/c1-12(2)9-14-17(24)21(8-5-19-14)11-16(23)20-6-3-13(4-7-20)10-15(18)22/h12-14,19H,3-11H2,1-2H3,(H2,18,22). The van der Waals surface area contributed by atoms with Crippen LogP contribution in [0.3, 0.4) is 0 Å². The normalized spacial score (nSPS) is 23.0. The lowest BCUT2D eigenvalue weighted by Gasteiger charge is -2.36. The summed E-state index contributed by atoms with van der Waals surface area (Å²) in [5.74, 6) is 0.481. The van der Waals surface area contributed by atoms with Crippen LogP contribution in [0.25, 0.3) is 0 Å². The van der Waals surface area contributed by atoms with Crippen LogP contribution in [0.15, 0.2) is 0 Å². The van der Waals surface area contributed by atoms with Gasteiger partial charge in [0.25, 0.3) is 0 Å². The van der Waals surface area contributed by atoms with Gasteiger partial charge in [-0.1, -0.05) is 13.8 Å². The van der Waals surface area contributed by atoms with Gasteiger partial charge in [0, 0.05) is 32.6 Å². The summed E-state index contributed by atoms with van der Waals surface area (Å²) in [7, 11) is 0. The van der Waals surface area contributed by atoms with Crippen LogP contribution in [0, 0.1) is 11.8 Å². The van der Waals surface area contributed by atoms with Crippen LogP contribution in [0.5, 0.6) is 0 Å². The Hall–Kier alpha value is -1.63. The van der Waals surface area contributed by atoms with Crippen LogP contribution in [0.1, 0.15) is 39.5 Å². The fourth-order valence-corrected chi connectivity index (χ4v) is 3.54. The molecule has 7 heteroatoms. The van der Waals surface area contributed by atoms with E-state index in [0.29, 0.717) is 32.0 Å². The first-order chi connectivity index (χ1) is 11.4. The van der Waals surface area contributed by atoms with Gasteiger partial charge in [-0.15, -0.1) is 0 Å². The Balaban J connectivity index is 1.81. The minimum Gasteiger partial charge on any atom is -0.370 e. The lowest BCUT2D eigenvalue weighted by Crippen LogP contribution is -2.57. The number of carbonyl (C=O) groups is 3. The predicted octanol–water partition coefficient (Wildman–Crippen LogP) is -0.0531. The fourth-order valence-electron chi connectivity index (χ4n) is 3.54. The van der Waals surface area contributed by atoms with Crippen molar-refractivity contribution in [3.05, 3.63) is 0 Å².